The zero-order valence-corrected chi connectivity index (χ0v) is 12.5. The minimum atomic E-state index is -2.34. The predicted molar refractivity (Wildman–Crippen MR) is 72.3 cm³/mol. The van der Waals surface area contributed by atoms with E-state index in [4.69, 9.17) is 24.4 Å². The van der Waals surface area contributed by atoms with Gasteiger partial charge in [-0.1, -0.05) is 0 Å². The average Bonchev–Trinajstić information content (AvgIpc) is 2.77. The van der Waals surface area contributed by atoms with Crippen molar-refractivity contribution in [2.45, 2.75) is 54.8 Å². The molecule has 0 unspecified atom stereocenters. The van der Waals surface area contributed by atoms with E-state index in [1.54, 1.807) is 0 Å². The second-order valence-electron chi connectivity index (χ2n) is 5.63. The largest absolute Gasteiger partial charge is 0.412 e. The lowest BCUT2D eigenvalue weighted by atomic mass is 9.99. The van der Waals surface area contributed by atoms with Crippen molar-refractivity contribution in [1.29, 1.82) is 0 Å². The molecule has 0 aromatic carbocycles. The standard InChI is InChI=1S/C12H22O11.H2O/c13-1-4-6(15)8(17)9(18)11(22-4)21-2-5-7(16)10(19)12(20,3-14)23-5;/h4-11,13-20H,1-3H2;1H2/t4-,5-,6-,7-,8+,9-,10+,11+,12-;/m1./s1. The molecule has 0 radical (unpaired) electrons. The number of hydrogen-bond acceptors (Lipinski definition) is 11. The summed E-state index contributed by atoms with van der Waals surface area (Å²) in [4.78, 5) is 0. The van der Waals surface area contributed by atoms with Crippen LogP contribution in [0.4, 0.5) is 0 Å². The molecule has 144 valence electrons. The second kappa shape index (κ2) is 8.27. The van der Waals surface area contributed by atoms with Gasteiger partial charge in [0.05, 0.1) is 19.8 Å². The lowest BCUT2D eigenvalue weighted by Gasteiger charge is -2.39. The summed E-state index contributed by atoms with van der Waals surface area (Å²) in [5.41, 5.74) is 0. The van der Waals surface area contributed by atoms with Gasteiger partial charge in [0.2, 0.25) is 5.79 Å². The van der Waals surface area contributed by atoms with Gasteiger partial charge in [-0.25, -0.2) is 0 Å². The SMILES string of the molecule is O.OC[C@H]1O[C@H](OC[C@H]2O[C@](O)(CO)[C@@H](O)[C@@H]2O)[C@H](O)[C@@H](O)[C@@H]1O. The Hall–Kier alpha value is -0.480. The van der Waals surface area contributed by atoms with Crippen LogP contribution in [0.1, 0.15) is 0 Å². The normalized spacial score (nSPS) is 49.0. The van der Waals surface area contributed by atoms with Crippen molar-refractivity contribution in [3.05, 3.63) is 0 Å². The number of rotatable bonds is 5. The van der Waals surface area contributed by atoms with E-state index in [0.717, 1.165) is 0 Å². The van der Waals surface area contributed by atoms with E-state index < -0.39 is 74.6 Å². The second-order valence-corrected chi connectivity index (χ2v) is 5.63. The van der Waals surface area contributed by atoms with Gasteiger partial charge in [-0.2, -0.15) is 0 Å². The molecule has 0 amide bonds. The monoisotopic (exact) mass is 360 g/mol. The lowest BCUT2D eigenvalue weighted by Crippen LogP contribution is -2.59. The van der Waals surface area contributed by atoms with E-state index in [2.05, 4.69) is 0 Å². The maximum absolute atomic E-state index is 9.78. The number of hydrogen-bond donors (Lipinski definition) is 8. The maximum Gasteiger partial charge on any atom is 0.219 e. The van der Waals surface area contributed by atoms with Crippen molar-refractivity contribution < 1.29 is 60.5 Å². The van der Waals surface area contributed by atoms with Crippen LogP contribution in [0.25, 0.3) is 0 Å². The van der Waals surface area contributed by atoms with Crippen molar-refractivity contribution in [3.8, 4) is 0 Å². The molecule has 0 bridgehead atoms. The molecular weight excluding hydrogens is 336 g/mol. The summed E-state index contributed by atoms with van der Waals surface area (Å²) < 4.78 is 15.2. The summed E-state index contributed by atoms with van der Waals surface area (Å²) in [5.74, 6) is -2.34. The molecule has 0 saturated carbocycles. The van der Waals surface area contributed by atoms with Crippen LogP contribution in [-0.2, 0) is 14.2 Å². The zero-order chi connectivity index (χ0) is 17.4. The first-order valence-corrected chi connectivity index (χ1v) is 7.04. The highest BCUT2D eigenvalue weighted by Gasteiger charge is 2.53. The summed E-state index contributed by atoms with van der Waals surface area (Å²) in [7, 11) is 0. The highest BCUT2D eigenvalue weighted by atomic mass is 16.7. The Labute approximate surface area is 136 Å². The summed E-state index contributed by atoms with van der Waals surface area (Å²) in [6, 6.07) is 0. The molecule has 2 aliphatic rings. The number of ether oxygens (including phenoxy) is 3. The van der Waals surface area contributed by atoms with E-state index in [0.29, 0.717) is 0 Å². The first-order chi connectivity index (χ1) is 10.7. The van der Waals surface area contributed by atoms with E-state index in [1.165, 1.54) is 0 Å². The first kappa shape index (κ1) is 21.6. The minimum absolute atomic E-state index is 0. The van der Waals surface area contributed by atoms with Crippen LogP contribution in [-0.4, -0.2) is 121 Å². The van der Waals surface area contributed by atoms with Gasteiger partial charge >= 0.3 is 0 Å². The van der Waals surface area contributed by atoms with Gasteiger partial charge in [0, 0.05) is 0 Å². The lowest BCUT2D eigenvalue weighted by molar-refractivity contribution is -0.310. The molecule has 2 aliphatic heterocycles. The van der Waals surface area contributed by atoms with Crippen LogP contribution in [0.5, 0.6) is 0 Å². The van der Waals surface area contributed by atoms with Crippen molar-refractivity contribution in [2.75, 3.05) is 19.8 Å². The smallest absolute Gasteiger partial charge is 0.219 e. The van der Waals surface area contributed by atoms with Gasteiger partial charge in [-0.05, 0) is 0 Å². The van der Waals surface area contributed by atoms with Gasteiger partial charge in [0.15, 0.2) is 6.29 Å². The van der Waals surface area contributed by atoms with Gasteiger partial charge in [-0.3, -0.25) is 0 Å². The quantitative estimate of drug-likeness (QED) is 0.230. The van der Waals surface area contributed by atoms with E-state index in [9.17, 15) is 30.6 Å². The molecule has 2 saturated heterocycles. The Morgan fingerprint density at radius 2 is 1.50 bits per heavy atom. The fourth-order valence-corrected chi connectivity index (χ4v) is 2.53. The summed E-state index contributed by atoms with van der Waals surface area (Å²) in [6.45, 7) is -2.05. The van der Waals surface area contributed by atoms with Crippen molar-refractivity contribution in [3.63, 3.8) is 0 Å². The van der Waals surface area contributed by atoms with Crippen molar-refractivity contribution >= 4 is 0 Å². The Morgan fingerprint density at radius 1 is 0.875 bits per heavy atom. The molecule has 12 heteroatoms. The molecule has 0 spiro atoms. The molecule has 12 nitrogen and oxygen atoms in total. The van der Waals surface area contributed by atoms with E-state index in [1.807, 2.05) is 0 Å². The molecule has 2 heterocycles. The summed E-state index contributed by atoms with van der Waals surface area (Å²) in [6.07, 6.45) is -12.0. The van der Waals surface area contributed by atoms with Gasteiger partial charge in [0.25, 0.3) is 0 Å². The molecule has 10 N–H and O–H groups in total. The predicted octanol–water partition coefficient (Wildman–Crippen LogP) is -6.22. The fourth-order valence-electron chi connectivity index (χ4n) is 2.53. The van der Waals surface area contributed by atoms with E-state index >= 15 is 0 Å². The zero-order valence-electron chi connectivity index (χ0n) is 12.5. The fraction of sp³-hybridized carbons (Fsp3) is 1.00. The third kappa shape index (κ3) is 3.85. The molecule has 0 aliphatic carbocycles. The van der Waals surface area contributed by atoms with Crippen molar-refractivity contribution in [2.24, 2.45) is 0 Å². The third-order valence-electron chi connectivity index (χ3n) is 4.02. The van der Waals surface area contributed by atoms with E-state index in [-0.39, 0.29) is 5.48 Å². The summed E-state index contributed by atoms with van der Waals surface area (Å²) >= 11 is 0. The molecule has 0 aromatic heterocycles. The van der Waals surface area contributed by atoms with Crippen LogP contribution < -0.4 is 0 Å². The number of aliphatic hydroxyl groups excluding tert-OH is 7. The Kier molecular flexibility index (Phi) is 7.43. The van der Waals surface area contributed by atoms with Crippen molar-refractivity contribution in [1.82, 2.24) is 0 Å². The third-order valence-corrected chi connectivity index (χ3v) is 4.02. The molecule has 2 rings (SSSR count). The highest BCUT2D eigenvalue weighted by Crippen LogP contribution is 2.30. The van der Waals surface area contributed by atoms with Crippen LogP contribution in [0, 0.1) is 0 Å². The Morgan fingerprint density at radius 3 is 2.00 bits per heavy atom. The van der Waals surface area contributed by atoms with Crippen LogP contribution in [0.2, 0.25) is 0 Å². The molecule has 24 heavy (non-hydrogen) atoms. The van der Waals surface area contributed by atoms with Crippen LogP contribution >= 0.6 is 0 Å². The van der Waals surface area contributed by atoms with Crippen LogP contribution in [0.15, 0.2) is 0 Å². The minimum Gasteiger partial charge on any atom is -0.412 e. The maximum atomic E-state index is 9.78. The average molecular weight is 360 g/mol. The molecule has 9 atom stereocenters. The van der Waals surface area contributed by atoms with Gasteiger partial charge < -0.3 is 60.5 Å². The molecular formula is C12H24O12. The highest BCUT2D eigenvalue weighted by molar-refractivity contribution is 4.95. The molecule has 0 aromatic rings. The first-order valence-electron chi connectivity index (χ1n) is 7.04. The number of aliphatic hydroxyl groups is 8. The topological polar surface area (TPSA) is 221 Å². The van der Waals surface area contributed by atoms with Gasteiger partial charge in [-0.15, -0.1) is 0 Å². The Balaban J connectivity index is 0.00000288. The van der Waals surface area contributed by atoms with Gasteiger partial charge in [0.1, 0.15) is 42.7 Å². The Bertz CT molecular complexity index is 394. The van der Waals surface area contributed by atoms with Crippen LogP contribution in [0.3, 0.4) is 0 Å². The molecule has 2 fully saturated rings. The summed E-state index contributed by atoms with van der Waals surface area (Å²) in [5, 5.41) is 76.1.